The highest BCUT2D eigenvalue weighted by molar-refractivity contribution is 5.85. The second-order valence-electron chi connectivity index (χ2n) is 5.03. The maximum Gasteiger partial charge on any atom is 0.224 e. The number of amides is 1. The Morgan fingerprint density at radius 2 is 2.17 bits per heavy atom. The third-order valence-electron chi connectivity index (χ3n) is 2.67. The molecule has 104 valence electrons. The van der Waals surface area contributed by atoms with Gasteiger partial charge < -0.3 is 10.6 Å². The normalized spacial score (nSPS) is 10.9. The Kier molecular flexibility index (Phi) is 6.86. The smallest absolute Gasteiger partial charge is 0.224 e. The SMILES string of the molecule is CN(CC(C)(C)CN)C(=O)CCn1ccnn1.Cl. The molecule has 2 N–H and O–H groups in total. The van der Waals surface area contributed by atoms with E-state index in [9.17, 15) is 4.79 Å². The molecule has 7 heteroatoms. The van der Waals surface area contributed by atoms with Gasteiger partial charge >= 0.3 is 0 Å². The highest BCUT2D eigenvalue weighted by Gasteiger charge is 2.20. The largest absolute Gasteiger partial charge is 0.345 e. The van der Waals surface area contributed by atoms with E-state index in [1.165, 1.54) is 0 Å². The molecule has 6 nitrogen and oxygen atoms in total. The summed E-state index contributed by atoms with van der Waals surface area (Å²) in [5.41, 5.74) is 5.60. The summed E-state index contributed by atoms with van der Waals surface area (Å²) >= 11 is 0. The topological polar surface area (TPSA) is 77.0 Å². The van der Waals surface area contributed by atoms with E-state index >= 15 is 0 Å². The van der Waals surface area contributed by atoms with Crippen molar-refractivity contribution in [1.29, 1.82) is 0 Å². The van der Waals surface area contributed by atoms with Crippen molar-refractivity contribution in [2.45, 2.75) is 26.8 Å². The van der Waals surface area contributed by atoms with Gasteiger partial charge in [0.25, 0.3) is 0 Å². The van der Waals surface area contributed by atoms with Crippen molar-refractivity contribution in [2.24, 2.45) is 11.1 Å². The van der Waals surface area contributed by atoms with Gasteiger partial charge in [0, 0.05) is 26.2 Å². The minimum absolute atomic E-state index is 0. The zero-order chi connectivity index (χ0) is 12.9. The van der Waals surface area contributed by atoms with Crippen LogP contribution in [0.2, 0.25) is 0 Å². The molecule has 0 aliphatic carbocycles. The lowest BCUT2D eigenvalue weighted by molar-refractivity contribution is -0.131. The van der Waals surface area contributed by atoms with Crippen LogP contribution in [0.5, 0.6) is 0 Å². The summed E-state index contributed by atoms with van der Waals surface area (Å²) in [4.78, 5) is 13.6. The number of rotatable bonds is 6. The van der Waals surface area contributed by atoms with Gasteiger partial charge in [-0.25, -0.2) is 0 Å². The summed E-state index contributed by atoms with van der Waals surface area (Å²) in [6, 6.07) is 0. The van der Waals surface area contributed by atoms with Crippen LogP contribution in [0.15, 0.2) is 12.4 Å². The predicted octanol–water partition coefficient (Wildman–Crippen LogP) is 0.533. The molecule has 0 aromatic carbocycles. The van der Waals surface area contributed by atoms with E-state index in [-0.39, 0.29) is 23.7 Å². The summed E-state index contributed by atoms with van der Waals surface area (Å²) < 4.78 is 1.65. The van der Waals surface area contributed by atoms with E-state index < -0.39 is 0 Å². The fourth-order valence-electron chi connectivity index (χ4n) is 1.55. The standard InChI is InChI=1S/C11H21N5O.ClH/c1-11(2,8-12)9-15(3)10(17)4-6-16-7-5-13-14-16;/h5,7H,4,6,8-9,12H2,1-3H3;1H. The van der Waals surface area contributed by atoms with E-state index in [4.69, 9.17) is 5.73 Å². The average Bonchev–Trinajstić information content (AvgIpc) is 2.78. The van der Waals surface area contributed by atoms with E-state index in [2.05, 4.69) is 10.3 Å². The van der Waals surface area contributed by atoms with Gasteiger partial charge in [-0.2, -0.15) is 0 Å². The van der Waals surface area contributed by atoms with Crippen LogP contribution in [0, 0.1) is 5.41 Å². The number of halogens is 1. The quantitative estimate of drug-likeness (QED) is 0.822. The van der Waals surface area contributed by atoms with Crippen LogP contribution >= 0.6 is 12.4 Å². The van der Waals surface area contributed by atoms with E-state index in [1.54, 1.807) is 29.0 Å². The summed E-state index contributed by atoms with van der Waals surface area (Å²) in [5.74, 6) is 0.0991. The fourth-order valence-corrected chi connectivity index (χ4v) is 1.55. The number of hydrogen-bond acceptors (Lipinski definition) is 4. The lowest BCUT2D eigenvalue weighted by atomic mass is 9.93. The predicted molar refractivity (Wildman–Crippen MR) is 72.4 cm³/mol. The first-order valence-electron chi connectivity index (χ1n) is 5.73. The Morgan fingerprint density at radius 1 is 1.50 bits per heavy atom. The molecule has 0 saturated carbocycles. The molecular formula is C11H22ClN5O. The third-order valence-corrected chi connectivity index (χ3v) is 2.67. The van der Waals surface area contributed by atoms with E-state index in [0.29, 0.717) is 26.1 Å². The third kappa shape index (κ3) is 5.46. The maximum atomic E-state index is 11.9. The average molecular weight is 276 g/mol. The van der Waals surface area contributed by atoms with Gasteiger partial charge in [0.1, 0.15) is 0 Å². The number of aromatic nitrogens is 3. The molecule has 1 rings (SSSR count). The molecule has 18 heavy (non-hydrogen) atoms. The first kappa shape index (κ1) is 16.9. The molecule has 0 saturated heterocycles. The maximum absolute atomic E-state index is 11.9. The highest BCUT2D eigenvalue weighted by Crippen LogP contribution is 2.14. The summed E-state index contributed by atoms with van der Waals surface area (Å²) in [5, 5.41) is 7.50. The van der Waals surface area contributed by atoms with Crippen molar-refractivity contribution in [3.63, 3.8) is 0 Å². The number of nitrogens with two attached hydrogens (primary N) is 1. The number of carbonyl (C=O) groups is 1. The molecule has 0 bridgehead atoms. The zero-order valence-corrected chi connectivity index (χ0v) is 12.0. The van der Waals surface area contributed by atoms with Crippen LogP contribution in [0.25, 0.3) is 0 Å². The molecule has 0 fully saturated rings. The molecule has 0 aliphatic heterocycles. The molecule has 1 amide bonds. The van der Waals surface area contributed by atoms with Gasteiger partial charge in [0.2, 0.25) is 5.91 Å². The Bertz CT molecular complexity index is 352. The molecule has 0 spiro atoms. The summed E-state index contributed by atoms with van der Waals surface area (Å²) in [6.07, 6.45) is 3.78. The molecule has 0 atom stereocenters. The molecule has 1 aromatic heterocycles. The summed E-state index contributed by atoms with van der Waals surface area (Å²) in [7, 11) is 1.81. The van der Waals surface area contributed by atoms with E-state index in [0.717, 1.165) is 0 Å². The van der Waals surface area contributed by atoms with Crippen LogP contribution in [0.3, 0.4) is 0 Å². The van der Waals surface area contributed by atoms with Gasteiger partial charge in [-0.1, -0.05) is 19.1 Å². The highest BCUT2D eigenvalue weighted by atomic mass is 35.5. The second kappa shape index (κ2) is 7.33. The Balaban J connectivity index is 0.00000289. The lowest BCUT2D eigenvalue weighted by Gasteiger charge is -2.29. The van der Waals surface area contributed by atoms with Crippen molar-refractivity contribution in [3.05, 3.63) is 12.4 Å². The monoisotopic (exact) mass is 275 g/mol. The first-order chi connectivity index (χ1) is 7.94. The molecule has 0 radical (unpaired) electrons. The van der Waals surface area contributed by atoms with Gasteiger partial charge in [0.05, 0.1) is 12.7 Å². The Hall–Kier alpha value is -1.14. The van der Waals surface area contributed by atoms with Crippen LogP contribution < -0.4 is 5.73 Å². The number of hydrogen-bond donors (Lipinski definition) is 1. The van der Waals surface area contributed by atoms with Gasteiger partial charge in [-0.15, -0.1) is 17.5 Å². The Morgan fingerprint density at radius 3 is 2.67 bits per heavy atom. The molecule has 1 heterocycles. The minimum atomic E-state index is -0.0440. The number of carbonyl (C=O) groups excluding carboxylic acids is 1. The second-order valence-corrected chi connectivity index (χ2v) is 5.03. The van der Waals surface area contributed by atoms with Crippen LogP contribution in [0.1, 0.15) is 20.3 Å². The van der Waals surface area contributed by atoms with Crippen molar-refractivity contribution in [2.75, 3.05) is 20.1 Å². The van der Waals surface area contributed by atoms with Crippen LogP contribution in [-0.4, -0.2) is 45.9 Å². The minimum Gasteiger partial charge on any atom is -0.345 e. The summed E-state index contributed by atoms with van der Waals surface area (Å²) in [6.45, 7) is 5.89. The lowest BCUT2D eigenvalue weighted by Crippen LogP contribution is -2.40. The van der Waals surface area contributed by atoms with Crippen molar-refractivity contribution in [1.82, 2.24) is 19.9 Å². The first-order valence-corrected chi connectivity index (χ1v) is 5.73. The van der Waals surface area contributed by atoms with Gasteiger partial charge in [-0.05, 0) is 12.0 Å². The number of aryl methyl sites for hydroxylation is 1. The molecule has 1 aromatic rings. The van der Waals surface area contributed by atoms with Crippen molar-refractivity contribution >= 4 is 18.3 Å². The molecule has 0 unspecified atom stereocenters. The van der Waals surface area contributed by atoms with Crippen molar-refractivity contribution in [3.8, 4) is 0 Å². The van der Waals surface area contributed by atoms with Gasteiger partial charge in [0.15, 0.2) is 0 Å². The number of nitrogens with zero attached hydrogens (tertiary/aromatic N) is 4. The van der Waals surface area contributed by atoms with Crippen LogP contribution in [-0.2, 0) is 11.3 Å². The Labute approximate surface area is 114 Å². The van der Waals surface area contributed by atoms with Crippen LogP contribution in [0.4, 0.5) is 0 Å². The molecular weight excluding hydrogens is 254 g/mol. The van der Waals surface area contributed by atoms with Gasteiger partial charge in [-0.3, -0.25) is 9.48 Å². The van der Waals surface area contributed by atoms with E-state index in [1.807, 2.05) is 13.8 Å². The molecule has 0 aliphatic rings. The fraction of sp³-hybridized carbons (Fsp3) is 0.727. The van der Waals surface area contributed by atoms with Crippen molar-refractivity contribution < 1.29 is 4.79 Å². The zero-order valence-electron chi connectivity index (χ0n) is 11.2.